The van der Waals surface area contributed by atoms with Crippen molar-refractivity contribution in [2.24, 2.45) is 0 Å². The SMILES string of the molecule is Bc1cc(B)cc(NC2CN(C(c3ccc(C)cc3)c3ccc(C)cc3)C2)c1. The van der Waals surface area contributed by atoms with Gasteiger partial charge in [0.15, 0.2) is 0 Å². The second kappa shape index (κ2) is 7.89. The van der Waals surface area contributed by atoms with E-state index < -0.39 is 0 Å². The maximum Gasteiger partial charge on any atom is 0.139 e. The Bertz CT molecular complexity index is 880. The zero-order valence-corrected chi connectivity index (χ0v) is 17.4. The minimum Gasteiger partial charge on any atom is -0.380 e. The molecule has 4 heteroatoms. The average molecular weight is 366 g/mol. The van der Waals surface area contributed by atoms with Gasteiger partial charge in [-0.1, -0.05) is 76.6 Å². The van der Waals surface area contributed by atoms with Gasteiger partial charge in [-0.05, 0) is 37.1 Å². The van der Waals surface area contributed by atoms with Gasteiger partial charge in [0, 0.05) is 18.8 Å². The molecule has 1 N–H and O–H groups in total. The number of aryl methyl sites for hydroxylation is 2. The average Bonchev–Trinajstić information content (AvgIpc) is 2.62. The number of anilines is 1. The number of likely N-dealkylation sites (tertiary alicyclic amines) is 1. The molecule has 4 rings (SSSR count). The topological polar surface area (TPSA) is 15.3 Å². The lowest BCUT2D eigenvalue weighted by molar-refractivity contribution is 0.123. The lowest BCUT2D eigenvalue weighted by Crippen LogP contribution is -2.56. The quantitative estimate of drug-likeness (QED) is 0.692. The van der Waals surface area contributed by atoms with Crippen LogP contribution in [-0.4, -0.2) is 39.7 Å². The van der Waals surface area contributed by atoms with E-state index in [1.807, 2.05) is 0 Å². The molecular formula is C24H28B2N2. The molecule has 0 amide bonds. The Morgan fingerprint density at radius 3 is 1.71 bits per heavy atom. The smallest absolute Gasteiger partial charge is 0.139 e. The molecule has 0 aromatic heterocycles. The van der Waals surface area contributed by atoms with Gasteiger partial charge in [-0.3, -0.25) is 4.90 Å². The van der Waals surface area contributed by atoms with Crippen molar-refractivity contribution in [3.63, 3.8) is 0 Å². The first-order chi connectivity index (χ1) is 13.5. The number of benzene rings is 3. The lowest BCUT2D eigenvalue weighted by Gasteiger charge is -2.45. The molecule has 2 nitrogen and oxygen atoms in total. The van der Waals surface area contributed by atoms with Crippen LogP contribution in [0.4, 0.5) is 5.69 Å². The van der Waals surface area contributed by atoms with Gasteiger partial charge in [0.05, 0.1) is 12.1 Å². The second-order valence-corrected chi connectivity index (χ2v) is 8.40. The van der Waals surface area contributed by atoms with Gasteiger partial charge < -0.3 is 5.32 Å². The van der Waals surface area contributed by atoms with Crippen LogP contribution in [0.15, 0.2) is 66.7 Å². The number of hydrogen-bond acceptors (Lipinski definition) is 2. The predicted molar refractivity (Wildman–Crippen MR) is 126 cm³/mol. The van der Waals surface area contributed by atoms with Gasteiger partial charge in [0.2, 0.25) is 0 Å². The van der Waals surface area contributed by atoms with E-state index in [4.69, 9.17) is 0 Å². The Labute approximate surface area is 170 Å². The van der Waals surface area contributed by atoms with Crippen molar-refractivity contribution in [3.8, 4) is 0 Å². The Hall–Kier alpha value is -2.45. The summed E-state index contributed by atoms with van der Waals surface area (Å²) in [4.78, 5) is 2.58. The molecular weight excluding hydrogens is 338 g/mol. The summed E-state index contributed by atoms with van der Waals surface area (Å²) in [6.45, 7) is 6.41. The largest absolute Gasteiger partial charge is 0.380 e. The van der Waals surface area contributed by atoms with Crippen molar-refractivity contribution < 1.29 is 0 Å². The molecule has 1 aliphatic rings. The van der Waals surface area contributed by atoms with Crippen LogP contribution in [0.3, 0.4) is 0 Å². The molecule has 140 valence electrons. The summed E-state index contributed by atoms with van der Waals surface area (Å²) in [5, 5.41) is 3.72. The van der Waals surface area contributed by atoms with E-state index in [1.54, 1.807) is 0 Å². The molecule has 0 radical (unpaired) electrons. The first-order valence-corrected chi connectivity index (χ1v) is 10.2. The Morgan fingerprint density at radius 1 is 0.786 bits per heavy atom. The number of nitrogens with one attached hydrogen (secondary N) is 1. The van der Waals surface area contributed by atoms with Gasteiger partial charge in [-0.2, -0.15) is 0 Å². The minimum atomic E-state index is 0.318. The van der Waals surface area contributed by atoms with Crippen LogP contribution >= 0.6 is 0 Å². The number of rotatable bonds is 5. The molecule has 28 heavy (non-hydrogen) atoms. The third-order valence-electron chi connectivity index (χ3n) is 5.65. The van der Waals surface area contributed by atoms with Crippen molar-refractivity contribution >= 4 is 32.3 Å². The normalized spacial score (nSPS) is 14.8. The van der Waals surface area contributed by atoms with E-state index in [1.165, 1.54) is 38.9 Å². The second-order valence-electron chi connectivity index (χ2n) is 8.40. The minimum absolute atomic E-state index is 0.318. The molecule has 0 aliphatic carbocycles. The lowest BCUT2D eigenvalue weighted by atomic mass is 9.86. The van der Waals surface area contributed by atoms with Crippen molar-refractivity contribution in [1.82, 2.24) is 4.90 Å². The van der Waals surface area contributed by atoms with E-state index >= 15 is 0 Å². The van der Waals surface area contributed by atoms with E-state index in [0.29, 0.717) is 12.1 Å². The summed E-state index contributed by atoms with van der Waals surface area (Å²) in [5.41, 5.74) is 9.24. The van der Waals surface area contributed by atoms with Crippen LogP contribution in [0.25, 0.3) is 0 Å². The zero-order chi connectivity index (χ0) is 19.7. The highest BCUT2D eigenvalue weighted by molar-refractivity contribution is 6.38. The summed E-state index contributed by atoms with van der Waals surface area (Å²) < 4.78 is 0. The summed E-state index contributed by atoms with van der Waals surface area (Å²) in [7, 11) is 4.33. The highest BCUT2D eigenvalue weighted by Crippen LogP contribution is 2.33. The molecule has 1 heterocycles. The molecule has 0 saturated carbocycles. The maximum atomic E-state index is 3.72. The molecule has 0 unspecified atom stereocenters. The highest BCUT2D eigenvalue weighted by atomic mass is 15.3. The Kier molecular flexibility index (Phi) is 5.32. The van der Waals surface area contributed by atoms with Crippen LogP contribution < -0.4 is 16.2 Å². The fraction of sp³-hybridized carbons (Fsp3) is 0.250. The van der Waals surface area contributed by atoms with Gasteiger partial charge in [-0.25, -0.2) is 0 Å². The van der Waals surface area contributed by atoms with Crippen LogP contribution in [-0.2, 0) is 0 Å². The first kappa shape index (κ1) is 18.9. The molecule has 0 spiro atoms. The standard InChI is InChI=1S/C24H28B2N2/c1-16-3-7-18(8-4-16)24(19-9-5-17(2)6-10-19)28-14-23(15-28)27-22-12-20(25)11-21(26)13-22/h3-13,23-24,27H,14-15,25-26H2,1-2H3. The van der Waals surface area contributed by atoms with Gasteiger partial charge in [0.25, 0.3) is 0 Å². The van der Waals surface area contributed by atoms with Crippen LogP contribution in [0.1, 0.15) is 28.3 Å². The molecule has 1 fully saturated rings. The summed E-state index contributed by atoms with van der Waals surface area (Å²) in [5.74, 6) is 0. The third kappa shape index (κ3) is 4.18. The maximum absolute atomic E-state index is 3.72. The predicted octanol–water partition coefficient (Wildman–Crippen LogP) is 1.71. The Balaban J connectivity index is 1.52. The summed E-state index contributed by atoms with van der Waals surface area (Å²) >= 11 is 0. The number of nitrogens with zero attached hydrogens (tertiary/aromatic N) is 1. The van der Waals surface area contributed by atoms with Gasteiger partial charge in [0.1, 0.15) is 15.7 Å². The van der Waals surface area contributed by atoms with E-state index in [0.717, 1.165) is 13.1 Å². The van der Waals surface area contributed by atoms with Crippen molar-refractivity contribution in [3.05, 3.63) is 89.0 Å². The van der Waals surface area contributed by atoms with Gasteiger partial charge in [-0.15, -0.1) is 0 Å². The summed E-state index contributed by atoms with van der Waals surface area (Å²) in [6, 6.07) is 25.6. The van der Waals surface area contributed by atoms with Crippen molar-refractivity contribution in [2.45, 2.75) is 25.9 Å². The fourth-order valence-corrected chi connectivity index (χ4v) is 4.22. The van der Waals surface area contributed by atoms with Crippen LogP contribution in [0.5, 0.6) is 0 Å². The van der Waals surface area contributed by atoms with E-state index in [9.17, 15) is 0 Å². The molecule has 1 saturated heterocycles. The van der Waals surface area contributed by atoms with Crippen LogP contribution in [0.2, 0.25) is 0 Å². The molecule has 1 aliphatic heterocycles. The van der Waals surface area contributed by atoms with E-state index in [-0.39, 0.29) is 0 Å². The third-order valence-corrected chi connectivity index (χ3v) is 5.65. The van der Waals surface area contributed by atoms with Gasteiger partial charge >= 0.3 is 0 Å². The fourth-order valence-electron chi connectivity index (χ4n) is 4.22. The Morgan fingerprint density at radius 2 is 1.25 bits per heavy atom. The molecule has 0 atom stereocenters. The highest BCUT2D eigenvalue weighted by Gasteiger charge is 2.34. The molecule has 0 bridgehead atoms. The molecule has 3 aromatic carbocycles. The summed E-state index contributed by atoms with van der Waals surface area (Å²) in [6.07, 6.45) is 0. The van der Waals surface area contributed by atoms with E-state index in [2.05, 4.69) is 106 Å². The van der Waals surface area contributed by atoms with Crippen molar-refractivity contribution in [1.29, 1.82) is 0 Å². The van der Waals surface area contributed by atoms with Crippen LogP contribution in [0, 0.1) is 13.8 Å². The number of hydrogen-bond donors (Lipinski definition) is 1. The van der Waals surface area contributed by atoms with Crippen molar-refractivity contribution in [2.75, 3.05) is 18.4 Å². The monoisotopic (exact) mass is 366 g/mol. The first-order valence-electron chi connectivity index (χ1n) is 10.2. The molecule has 3 aromatic rings. The zero-order valence-electron chi connectivity index (χ0n) is 17.4.